The first kappa shape index (κ1) is 17.8. The molecule has 0 spiro atoms. The second-order valence-corrected chi connectivity index (χ2v) is 8.34. The molecule has 24 heavy (non-hydrogen) atoms. The second-order valence-electron chi connectivity index (χ2n) is 5.65. The second kappa shape index (κ2) is 7.45. The predicted molar refractivity (Wildman–Crippen MR) is 99.8 cm³/mol. The zero-order chi connectivity index (χ0) is 17.3. The van der Waals surface area contributed by atoms with Crippen LogP contribution in [0.2, 0.25) is 5.15 Å². The van der Waals surface area contributed by atoms with Gasteiger partial charge >= 0.3 is 6.09 Å². The lowest BCUT2D eigenvalue weighted by molar-refractivity contribution is 0.200. The van der Waals surface area contributed by atoms with E-state index in [2.05, 4.69) is 33.2 Å². The van der Waals surface area contributed by atoms with Crippen molar-refractivity contribution in [3.05, 3.63) is 14.5 Å². The lowest BCUT2D eigenvalue weighted by Gasteiger charge is -2.18. The van der Waals surface area contributed by atoms with E-state index in [1.807, 2.05) is 0 Å². The standard InChI is InChI=1S/C16H18BrClN2O3S/c1-3-4-5-8-6-7-22-11-10-9(8)15(23-16(21)19-2)20-14(18)12(10)24-13(11)17/h8H,3-7H2,1-2H3,(H,19,21). The molecule has 0 fully saturated rings. The summed E-state index contributed by atoms with van der Waals surface area (Å²) in [5.74, 6) is 1.28. The fourth-order valence-corrected chi connectivity index (χ4v) is 4.95. The number of amides is 1. The SMILES string of the molecule is CCCCC1CCOc2c(Br)sc3c(Cl)nc(OC(=O)NC)c1c23. The van der Waals surface area contributed by atoms with Crippen molar-refractivity contribution in [2.75, 3.05) is 13.7 Å². The van der Waals surface area contributed by atoms with Crippen LogP contribution in [0, 0.1) is 0 Å². The van der Waals surface area contributed by atoms with E-state index in [4.69, 9.17) is 21.1 Å². The van der Waals surface area contributed by atoms with E-state index < -0.39 is 6.09 Å². The summed E-state index contributed by atoms with van der Waals surface area (Å²) < 4.78 is 13.1. The van der Waals surface area contributed by atoms with Gasteiger partial charge in [0.25, 0.3) is 0 Å². The summed E-state index contributed by atoms with van der Waals surface area (Å²) in [6, 6.07) is 0. The van der Waals surface area contributed by atoms with E-state index in [0.29, 0.717) is 11.8 Å². The molecule has 0 saturated heterocycles. The van der Waals surface area contributed by atoms with Gasteiger partial charge in [-0.15, -0.1) is 11.3 Å². The molecule has 1 aliphatic heterocycles. The van der Waals surface area contributed by atoms with Crippen LogP contribution in [0.5, 0.6) is 11.6 Å². The number of nitrogens with one attached hydrogen (secondary N) is 1. The fraction of sp³-hybridized carbons (Fsp3) is 0.500. The van der Waals surface area contributed by atoms with E-state index in [-0.39, 0.29) is 11.8 Å². The summed E-state index contributed by atoms with van der Waals surface area (Å²) in [7, 11) is 1.52. The van der Waals surface area contributed by atoms with Crippen LogP contribution in [0.25, 0.3) is 10.1 Å². The topological polar surface area (TPSA) is 60.5 Å². The summed E-state index contributed by atoms with van der Waals surface area (Å²) in [6.07, 6.45) is 3.50. The summed E-state index contributed by atoms with van der Waals surface area (Å²) in [5, 5.41) is 3.71. The molecule has 5 nitrogen and oxygen atoms in total. The number of carbonyl (C=O) groups excluding carboxylic acids is 1. The van der Waals surface area contributed by atoms with Crippen LogP contribution < -0.4 is 14.8 Å². The van der Waals surface area contributed by atoms with Crippen molar-refractivity contribution in [2.45, 2.75) is 38.5 Å². The molecule has 8 heteroatoms. The van der Waals surface area contributed by atoms with Crippen molar-refractivity contribution in [3.63, 3.8) is 0 Å². The zero-order valence-corrected chi connectivity index (χ0v) is 16.6. The highest BCUT2D eigenvalue weighted by Gasteiger charge is 2.31. The molecule has 1 N–H and O–H groups in total. The van der Waals surface area contributed by atoms with Crippen LogP contribution in [0.3, 0.4) is 0 Å². The van der Waals surface area contributed by atoms with Crippen molar-refractivity contribution in [2.24, 2.45) is 0 Å². The molecule has 130 valence electrons. The van der Waals surface area contributed by atoms with Gasteiger partial charge in [0.05, 0.1) is 11.3 Å². The molecule has 2 aromatic rings. The van der Waals surface area contributed by atoms with Gasteiger partial charge in [0.15, 0.2) is 10.9 Å². The highest BCUT2D eigenvalue weighted by atomic mass is 79.9. The predicted octanol–water partition coefficient (Wildman–Crippen LogP) is 5.49. The monoisotopic (exact) mass is 432 g/mol. The number of aromatic nitrogens is 1. The Morgan fingerprint density at radius 2 is 2.38 bits per heavy atom. The smallest absolute Gasteiger partial charge is 0.413 e. The van der Waals surface area contributed by atoms with E-state index in [1.165, 1.54) is 18.4 Å². The minimum Gasteiger partial charge on any atom is -0.491 e. The number of hydrogen-bond acceptors (Lipinski definition) is 5. The van der Waals surface area contributed by atoms with Crippen LogP contribution in [0.15, 0.2) is 3.79 Å². The first-order valence-corrected chi connectivity index (χ1v) is 9.89. The van der Waals surface area contributed by atoms with Gasteiger partial charge in [0.2, 0.25) is 5.88 Å². The molecular formula is C16H18BrClN2O3S. The quantitative estimate of drug-likeness (QED) is 0.648. The summed E-state index contributed by atoms with van der Waals surface area (Å²) in [5.41, 5.74) is 0.931. The van der Waals surface area contributed by atoms with E-state index >= 15 is 0 Å². The third-order valence-electron chi connectivity index (χ3n) is 4.13. The summed E-state index contributed by atoms with van der Waals surface area (Å²) in [6.45, 7) is 2.78. The third kappa shape index (κ3) is 3.21. The summed E-state index contributed by atoms with van der Waals surface area (Å²) >= 11 is 11.4. The molecule has 0 aromatic carbocycles. The number of ether oxygens (including phenoxy) is 2. The van der Waals surface area contributed by atoms with E-state index in [1.54, 1.807) is 0 Å². The van der Waals surface area contributed by atoms with Gasteiger partial charge in [-0.3, -0.25) is 0 Å². The number of halogens is 2. The molecule has 1 atom stereocenters. The molecule has 3 rings (SSSR count). The fourth-order valence-electron chi connectivity index (χ4n) is 3.00. The normalized spacial score (nSPS) is 16.6. The van der Waals surface area contributed by atoms with E-state index in [0.717, 1.165) is 50.9 Å². The highest BCUT2D eigenvalue weighted by Crippen LogP contribution is 2.52. The van der Waals surface area contributed by atoms with Crippen molar-refractivity contribution in [1.29, 1.82) is 0 Å². The van der Waals surface area contributed by atoms with Crippen LogP contribution in [0.1, 0.15) is 44.1 Å². The van der Waals surface area contributed by atoms with Gasteiger partial charge in [-0.05, 0) is 34.7 Å². The molecule has 1 aliphatic rings. The first-order valence-electron chi connectivity index (χ1n) is 7.90. The Bertz CT molecular complexity index is 781. The molecular weight excluding hydrogens is 416 g/mol. The Hall–Kier alpha value is -1.05. The number of hydrogen-bond donors (Lipinski definition) is 1. The zero-order valence-electron chi connectivity index (χ0n) is 13.4. The van der Waals surface area contributed by atoms with Gasteiger partial charge in [0, 0.05) is 18.0 Å². The number of carbonyl (C=O) groups is 1. The Kier molecular flexibility index (Phi) is 5.52. The van der Waals surface area contributed by atoms with Crippen molar-refractivity contribution in [1.82, 2.24) is 10.3 Å². The maximum Gasteiger partial charge on any atom is 0.413 e. The van der Waals surface area contributed by atoms with Crippen LogP contribution >= 0.6 is 38.9 Å². The van der Waals surface area contributed by atoms with Crippen LogP contribution in [-0.4, -0.2) is 24.7 Å². The molecule has 0 saturated carbocycles. The molecule has 0 aliphatic carbocycles. The third-order valence-corrected chi connectivity index (χ3v) is 6.33. The van der Waals surface area contributed by atoms with E-state index in [9.17, 15) is 4.79 Å². The maximum absolute atomic E-state index is 11.8. The Balaban J connectivity index is 2.22. The molecule has 2 aromatic heterocycles. The number of thiophene rings is 1. The van der Waals surface area contributed by atoms with Crippen molar-refractivity contribution < 1.29 is 14.3 Å². The number of nitrogens with zero attached hydrogens (tertiary/aromatic N) is 1. The summed E-state index contributed by atoms with van der Waals surface area (Å²) in [4.78, 5) is 16.1. The van der Waals surface area contributed by atoms with Crippen LogP contribution in [0.4, 0.5) is 4.79 Å². The average Bonchev–Trinajstić information content (AvgIpc) is 2.77. The largest absolute Gasteiger partial charge is 0.491 e. The van der Waals surface area contributed by atoms with Gasteiger partial charge in [-0.25, -0.2) is 4.79 Å². The number of unbranched alkanes of at least 4 members (excludes halogenated alkanes) is 1. The minimum atomic E-state index is -0.551. The molecule has 1 amide bonds. The highest BCUT2D eigenvalue weighted by molar-refractivity contribution is 9.11. The van der Waals surface area contributed by atoms with Gasteiger partial charge in [-0.1, -0.05) is 31.4 Å². The minimum absolute atomic E-state index is 0.222. The average molecular weight is 434 g/mol. The molecule has 0 bridgehead atoms. The lowest BCUT2D eigenvalue weighted by Crippen LogP contribution is -2.23. The first-order chi connectivity index (χ1) is 11.6. The van der Waals surface area contributed by atoms with Crippen molar-refractivity contribution in [3.8, 4) is 11.6 Å². The molecule has 0 radical (unpaired) electrons. The molecule has 3 heterocycles. The van der Waals surface area contributed by atoms with Gasteiger partial charge in [0.1, 0.15) is 3.79 Å². The Morgan fingerprint density at radius 3 is 3.08 bits per heavy atom. The number of rotatable bonds is 4. The maximum atomic E-state index is 11.8. The molecule has 1 unspecified atom stereocenters. The van der Waals surface area contributed by atoms with Gasteiger partial charge < -0.3 is 14.8 Å². The lowest BCUT2D eigenvalue weighted by atomic mass is 9.90. The van der Waals surface area contributed by atoms with Gasteiger partial charge in [-0.2, -0.15) is 4.98 Å². The Labute approximate surface area is 157 Å². The number of pyridine rings is 1. The van der Waals surface area contributed by atoms with Crippen LogP contribution in [-0.2, 0) is 0 Å². The van der Waals surface area contributed by atoms with Crippen molar-refractivity contribution >= 4 is 55.0 Å². The Morgan fingerprint density at radius 1 is 1.58 bits per heavy atom.